The number of hydrogen-bond acceptors (Lipinski definition) is 4. The number of methoxy groups -OCH3 is 1. The van der Waals surface area contributed by atoms with Crippen molar-refractivity contribution < 1.29 is 17.9 Å². The van der Waals surface area contributed by atoms with Crippen molar-refractivity contribution in [1.82, 2.24) is 4.72 Å². The third kappa shape index (κ3) is 4.37. The van der Waals surface area contributed by atoms with E-state index in [2.05, 4.69) is 4.72 Å². The number of rotatable bonds is 7. The van der Waals surface area contributed by atoms with Gasteiger partial charge in [-0.2, -0.15) is 0 Å². The van der Waals surface area contributed by atoms with Crippen LogP contribution in [0.25, 0.3) is 0 Å². The van der Waals surface area contributed by atoms with Gasteiger partial charge in [0.2, 0.25) is 10.0 Å². The Balaban J connectivity index is 1.86. The minimum atomic E-state index is -3.64. The maximum absolute atomic E-state index is 12.1. The molecule has 0 radical (unpaired) electrons. The average molecular weight is 342 g/mol. The molecule has 0 bridgehead atoms. The van der Waals surface area contributed by atoms with Gasteiger partial charge < -0.3 is 9.47 Å². The molecule has 0 aliphatic heterocycles. The van der Waals surface area contributed by atoms with Gasteiger partial charge in [-0.15, -0.1) is 0 Å². The van der Waals surface area contributed by atoms with Gasteiger partial charge in [-0.25, -0.2) is 13.1 Å². The zero-order valence-corrected chi connectivity index (χ0v) is 13.5. The van der Waals surface area contributed by atoms with E-state index in [0.717, 1.165) is 5.75 Å². The van der Waals surface area contributed by atoms with Crippen LogP contribution in [-0.2, 0) is 10.0 Å². The van der Waals surface area contributed by atoms with Crippen molar-refractivity contribution >= 4 is 21.6 Å². The number of halogens is 1. The SMILES string of the molecule is COc1ccc(OCCNS(=O)(=O)c2ccccc2Cl)cc1. The highest BCUT2D eigenvalue weighted by molar-refractivity contribution is 7.89. The van der Waals surface area contributed by atoms with Crippen LogP contribution in [0.3, 0.4) is 0 Å². The van der Waals surface area contributed by atoms with Gasteiger partial charge in [-0.3, -0.25) is 0 Å². The molecule has 0 saturated carbocycles. The van der Waals surface area contributed by atoms with E-state index in [1.165, 1.54) is 12.1 Å². The second kappa shape index (κ2) is 7.49. The molecule has 7 heteroatoms. The predicted octanol–water partition coefficient (Wildman–Crippen LogP) is 2.71. The van der Waals surface area contributed by atoms with Crippen LogP contribution in [0.2, 0.25) is 5.02 Å². The summed E-state index contributed by atoms with van der Waals surface area (Å²) in [5.41, 5.74) is 0. The maximum atomic E-state index is 12.1. The van der Waals surface area contributed by atoms with Crippen molar-refractivity contribution in [3.63, 3.8) is 0 Å². The molecule has 0 unspecified atom stereocenters. The molecule has 0 aliphatic carbocycles. The summed E-state index contributed by atoms with van der Waals surface area (Å²) in [5.74, 6) is 1.37. The predicted molar refractivity (Wildman–Crippen MR) is 85.1 cm³/mol. The van der Waals surface area contributed by atoms with E-state index in [0.29, 0.717) is 5.75 Å². The molecule has 1 N–H and O–H groups in total. The number of sulfonamides is 1. The van der Waals surface area contributed by atoms with Crippen molar-refractivity contribution in [3.8, 4) is 11.5 Å². The zero-order valence-electron chi connectivity index (χ0n) is 12.0. The number of benzene rings is 2. The molecule has 22 heavy (non-hydrogen) atoms. The van der Waals surface area contributed by atoms with E-state index < -0.39 is 10.0 Å². The van der Waals surface area contributed by atoms with Crippen molar-refractivity contribution in [3.05, 3.63) is 53.6 Å². The average Bonchev–Trinajstić information content (AvgIpc) is 2.52. The van der Waals surface area contributed by atoms with Gasteiger partial charge in [-0.1, -0.05) is 23.7 Å². The van der Waals surface area contributed by atoms with Crippen LogP contribution >= 0.6 is 11.6 Å². The first-order chi connectivity index (χ1) is 10.5. The number of ether oxygens (including phenoxy) is 2. The molecule has 0 saturated heterocycles. The van der Waals surface area contributed by atoms with Gasteiger partial charge in [-0.05, 0) is 36.4 Å². The van der Waals surface area contributed by atoms with Crippen LogP contribution in [-0.4, -0.2) is 28.7 Å². The van der Waals surface area contributed by atoms with E-state index in [4.69, 9.17) is 21.1 Å². The molecule has 0 heterocycles. The van der Waals surface area contributed by atoms with E-state index in [1.54, 1.807) is 43.5 Å². The standard InChI is InChI=1S/C15H16ClNO4S/c1-20-12-6-8-13(9-7-12)21-11-10-17-22(18,19)15-5-3-2-4-14(15)16/h2-9,17H,10-11H2,1H3. The highest BCUT2D eigenvalue weighted by Gasteiger charge is 2.16. The number of nitrogens with one attached hydrogen (secondary N) is 1. The summed E-state index contributed by atoms with van der Waals surface area (Å²) >= 11 is 5.88. The summed E-state index contributed by atoms with van der Waals surface area (Å²) in [6, 6.07) is 13.3. The fourth-order valence-electron chi connectivity index (χ4n) is 1.76. The molecule has 0 aromatic heterocycles. The Morgan fingerprint density at radius 3 is 2.32 bits per heavy atom. The molecule has 118 valence electrons. The van der Waals surface area contributed by atoms with Crippen molar-refractivity contribution in [1.29, 1.82) is 0 Å². The largest absolute Gasteiger partial charge is 0.497 e. The van der Waals surface area contributed by atoms with E-state index in [-0.39, 0.29) is 23.1 Å². The molecule has 0 aliphatic rings. The maximum Gasteiger partial charge on any atom is 0.242 e. The number of hydrogen-bond donors (Lipinski definition) is 1. The normalized spacial score (nSPS) is 11.2. The lowest BCUT2D eigenvalue weighted by Crippen LogP contribution is -2.28. The fraction of sp³-hybridized carbons (Fsp3) is 0.200. The third-order valence-corrected chi connectivity index (χ3v) is 4.81. The summed E-state index contributed by atoms with van der Waals surface area (Å²) in [4.78, 5) is 0.0566. The van der Waals surface area contributed by atoms with Crippen LogP contribution in [0.15, 0.2) is 53.4 Å². The van der Waals surface area contributed by atoms with Gasteiger partial charge >= 0.3 is 0 Å². The molecule has 0 spiro atoms. The Hall–Kier alpha value is -1.76. The van der Waals surface area contributed by atoms with E-state index in [1.807, 2.05) is 0 Å². The lowest BCUT2D eigenvalue weighted by molar-refractivity contribution is 0.322. The highest BCUT2D eigenvalue weighted by Crippen LogP contribution is 2.20. The highest BCUT2D eigenvalue weighted by atomic mass is 35.5. The molecule has 2 rings (SSSR count). The fourth-order valence-corrected chi connectivity index (χ4v) is 3.29. The van der Waals surface area contributed by atoms with Gasteiger partial charge in [0.25, 0.3) is 0 Å². The first-order valence-electron chi connectivity index (χ1n) is 6.54. The van der Waals surface area contributed by atoms with Crippen LogP contribution in [0.5, 0.6) is 11.5 Å². The van der Waals surface area contributed by atoms with Gasteiger partial charge in [0.15, 0.2) is 0 Å². The minimum absolute atomic E-state index is 0.0566. The van der Waals surface area contributed by atoms with Crippen LogP contribution in [0.4, 0.5) is 0 Å². The monoisotopic (exact) mass is 341 g/mol. The van der Waals surface area contributed by atoms with Crippen LogP contribution < -0.4 is 14.2 Å². The summed E-state index contributed by atoms with van der Waals surface area (Å²) in [6.45, 7) is 0.343. The van der Waals surface area contributed by atoms with Crippen molar-refractivity contribution in [2.45, 2.75) is 4.90 Å². The van der Waals surface area contributed by atoms with Crippen molar-refractivity contribution in [2.75, 3.05) is 20.3 Å². The Labute approximate surface area is 134 Å². The quantitative estimate of drug-likeness (QED) is 0.786. The summed E-state index contributed by atoms with van der Waals surface area (Å²) < 4.78 is 37.1. The second-order valence-corrected chi connectivity index (χ2v) is 6.49. The van der Waals surface area contributed by atoms with Crippen LogP contribution in [0, 0.1) is 0 Å². The second-order valence-electron chi connectivity index (χ2n) is 4.35. The molecule has 2 aromatic carbocycles. The smallest absolute Gasteiger partial charge is 0.242 e. The molecule has 0 atom stereocenters. The molecule has 0 amide bonds. The topological polar surface area (TPSA) is 64.6 Å². The summed E-state index contributed by atoms with van der Waals surface area (Å²) in [5, 5.41) is 0.186. The lowest BCUT2D eigenvalue weighted by Gasteiger charge is -2.10. The van der Waals surface area contributed by atoms with E-state index in [9.17, 15) is 8.42 Å². The Kier molecular flexibility index (Phi) is 5.65. The van der Waals surface area contributed by atoms with Crippen LogP contribution in [0.1, 0.15) is 0 Å². The zero-order chi connectivity index (χ0) is 16.0. The van der Waals surface area contributed by atoms with Crippen molar-refractivity contribution in [2.24, 2.45) is 0 Å². The first kappa shape index (κ1) is 16.6. The molecular weight excluding hydrogens is 326 g/mol. The third-order valence-electron chi connectivity index (χ3n) is 2.85. The van der Waals surface area contributed by atoms with Gasteiger partial charge in [0, 0.05) is 6.54 Å². The molecule has 5 nitrogen and oxygen atoms in total. The van der Waals surface area contributed by atoms with Gasteiger partial charge in [0.1, 0.15) is 23.0 Å². The summed E-state index contributed by atoms with van der Waals surface area (Å²) in [6.07, 6.45) is 0. The summed E-state index contributed by atoms with van der Waals surface area (Å²) in [7, 11) is -2.06. The first-order valence-corrected chi connectivity index (χ1v) is 8.40. The Bertz CT molecular complexity index is 717. The molecular formula is C15H16ClNO4S. The molecule has 0 fully saturated rings. The lowest BCUT2D eigenvalue weighted by atomic mass is 10.3. The minimum Gasteiger partial charge on any atom is -0.497 e. The van der Waals surface area contributed by atoms with Gasteiger partial charge in [0.05, 0.1) is 12.1 Å². The van der Waals surface area contributed by atoms with E-state index >= 15 is 0 Å². The Morgan fingerprint density at radius 2 is 1.68 bits per heavy atom. The Morgan fingerprint density at radius 1 is 1.05 bits per heavy atom. The molecule has 2 aromatic rings.